The van der Waals surface area contributed by atoms with Gasteiger partial charge in [0.2, 0.25) is 0 Å². The summed E-state index contributed by atoms with van der Waals surface area (Å²) in [5.41, 5.74) is 0. The van der Waals surface area contributed by atoms with Crippen molar-refractivity contribution >= 4 is 0 Å². The molecule has 108 valence electrons. The second kappa shape index (κ2) is 8.89. The molecule has 0 aliphatic heterocycles. The van der Waals surface area contributed by atoms with Crippen molar-refractivity contribution < 1.29 is 9.47 Å². The molecule has 0 atom stereocenters. The van der Waals surface area contributed by atoms with Crippen LogP contribution >= 0.6 is 0 Å². The smallest absolute Gasteiger partial charge is 0.158 e. The molecule has 18 heavy (non-hydrogen) atoms. The summed E-state index contributed by atoms with van der Waals surface area (Å²) in [6.07, 6.45) is 6.43. The third-order valence-electron chi connectivity index (χ3n) is 4.03. The van der Waals surface area contributed by atoms with Crippen LogP contribution < -0.4 is 0 Å². The molecule has 0 radical (unpaired) electrons. The molecule has 0 N–H and O–H groups in total. The van der Waals surface area contributed by atoms with Crippen molar-refractivity contribution in [3.05, 3.63) is 0 Å². The summed E-state index contributed by atoms with van der Waals surface area (Å²) in [5, 5.41) is 0. The van der Waals surface area contributed by atoms with Crippen LogP contribution in [0.1, 0.15) is 52.9 Å². The van der Waals surface area contributed by atoms with Gasteiger partial charge in [-0.3, -0.25) is 0 Å². The van der Waals surface area contributed by atoms with Gasteiger partial charge in [-0.25, -0.2) is 0 Å². The number of hydrogen-bond donors (Lipinski definition) is 0. The van der Waals surface area contributed by atoms with E-state index in [9.17, 15) is 0 Å². The molecule has 1 aliphatic carbocycles. The molecular formula is C15H31NO2. The van der Waals surface area contributed by atoms with Crippen LogP contribution in [-0.4, -0.2) is 44.0 Å². The zero-order valence-electron chi connectivity index (χ0n) is 12.7. The van der Waals surface area contributed by atoms with Gasteiger partial charge in [0.1, 0.15) is 0 Å². The Morgan fingerprint density at radius 1 is 1.06 bits per heavy atom. The van der Waals surface area contributed by atoms with Gasteiger partial charge >= 0.3 is 0 Å². The van der Waals surface area contributed by atoms with Gasteiger partial charge in [0.15, 0.2) is 6.29 Å². The van der Waals surface area contributed by atoms with Crippen LogP contribution in [0.2, 0.25) is 0 Å². The average molecular weight is 257 g/mol. The number of nitrogens with zero attached hydrogens (tertiary/aromatic N) is 1. The molecule has 0 aromatic heterocycles. The summed E-state index contributed by atoms with van der Waals surface area (Å²) in [5.74, 6) is 0.925. The van der Waals surface area contributed by atoms with Crippen molar-refractivity contribution in [3.8, 4) is 0 Å². The van der Waals surface area contributed by atoms with E-state index < -0.39 is 0 Å². The zero-order valence-corrected chi connectivity index (χ0v) is 12.7. The largest absolute Gasteiger partial charge is 0.353 e. The number of hydrogen-bond acceptors (Lipinski definition) is 3. The first-order chi connectivity index (χ1) is 8.67. The molecule has 0 aromatic rings. The lowest BCUT2D eigenvalue weighted by Gasteiger charge is -2.34. The van der Waals surface area contributed by atoms with Crippen LogP contribution in [0.5, 0.6) is 0 Å². The predicted octanol–water partition coefficient (Wildman–Crippen LogP) is 3.29. The van der Waals surface area contributed by atoms with Crippen LogP contribution in [0.4, 0.5) is 0 Å². The van der Waals surface area contributed by atoms with Crippen LogP contribution in [0.15, 0.2) is 0 Å². The third kappa shape index (κ3) is 5.68. The first kappa shape index (κ1) is 15.9. The van der Waals surface area contributed by atoms with Crippen molar-refractivity contribution in [3.63, 3.8) is 0 Å². The summed E-state index contributed by atoms with van der Waals surface area (Å²) in [6, 6.07) is 0.769. The minimum Gasteiger partial charge on any atom is -0.353 e. The molecule has 0 amide bonds. The van der Waals surface area contributed by atoms with Gasteiger partial charge in [-0.1, -0.05) is 6.92 Å². The number of ether oxygens (including phenoxy) is 2. The number of rotatable bonds is 8. The first-order valence-corrected chi connectivity index (χ1v) is 7.60. The van der Waals surface area contributed by atoms with E-state index in [1.54, 1.807) is 0 Å². The lowest BCUT2D eigenvalue weighted by atomic mass is 9.87. The molecule has 0 unspecified atom stereocenters. The van der Waals surface area contributed by atoms with Crippen molar-refractivity contribution in [1.82, 2.24) is 4.90 Å². The van der Waals surface area contributed by atoms with E-state index in [1.807, 2.05) is 13.8 Å². The Kier molecular flexibility index (Phi) is 7.87. The third-order valence-corrected chi connectivity index (χ3v) is 4.03. The molecule has 0 bridgehead atoms. The van der Waals surface area contributed by atoms with E-state index >= 15 is 0 Å². The molecule has 3 nitrogen and oxygen atoms in total. The first-order valence-electron chi connectivity index (χ1n) is 7.60. The zero-order chi connectivity index (χ0) is 13.4. The second-order valence-electron chi connectivity index (χ2n) is 5.52. The highest BCUT2D eigenvalue weighted by molar-refractivity contribution is 4.76. The highest BCUT2D eigenvalue weighted by Gasteiger charge is 2.22. The van der Waals surface area contributed by atoms with Gasteiger partial charge in [0.05, 0.1) is 0 Å². The van der Waals surface area contributed by atoms with Crippen LogP contribution in [0.25, 0.3) is 0 Å². The summed E-state index contributed by atoms with van der Waals surface area (Å²) in [7, 11) is 2.25. The Labute approximate surface area is 113 Å². The van der Waals surface area contributed by atoms with E-state index in [0.29, 0.717) is 0 Å². The molecule has 1 fully saturated rings. The van der Waals surface area contributed by atoms with E-state index in [1.165, 1.54) is 25.7 Å². The van der Waals surface area contributed by atoms with Gasteiger partial charge in [0.25, 0.3) is 0 Å². The monoisotopic (exact) mass is 257 g/mol. The standard InChI is InChI=1S/C15H31NO2/c1-5-17-15(18-6-2)11-12-16(4)14-9-7-13(3)8-10-14/h13-15H,5-12H2,1-4H3. The summed E-state index contributed by atoms with van der Waals surface area (Å²) in [4.78, 5) is 2.50. The molecule has 1 rings (SSSR count). The Balaban J connectivity index is 2.23. The average Bonchev–Trinajstić information content (AvgIpc) is 2.37. The Morgan fingerprint density at radius 2 is 1.61 bits per heavy atom. The Bertz CT molecular complexity index is 197. The normalized spacial score (nSPS) is 25.0. The van der Waals surface area contributed by atoms with Crippen molar-refractivity contribution in [2.75, 3.05) is 26.8 Å². The van der Waals surface area contributed by atoms with E-state index in [4.69, 9.17) is 9.47 Å². The topological polar surface area (TPSA) is 21.7 Å². The minimum atomic E-state index is -0.0232. The highest BCUT2D eigenvalue weighted by atomic mass is 16.7. The molecule has 1 aliphatic rings. The maximum Gasteiger partial charge on any atom is 0.158 e. The maximum absolute atomic E-state index is 5.59. The van der Waals surface area contributed by atoms with Crippen molar-refractivity contribution in [2.45, 2.75) is 65.2 Å². The Morgan fingerprint density at radius 3 is 2.11 bits per heavy atom. The highest BCUT2D eigenvalue weighted by Crippen LogP contribution is 2.26. The molecular weight excluding hydrogens is 226 g/mol. The maximum atomic E-state index is 5.59. The van der Waals surface area contributed by atoms with E-state index in [0.717, 1.165) is 38.1 Å². The fraction of sp³-hybridized carbons (Fsp3) is 1.00. The molecule has 1 saturated carbocycles. The van der Waals surface area contributed by atoms with Gasteiger partial charge in [-0.2, -0.15) is 0 Å². The van der Waals surface area contributed by atoms with E-state index in [2.05, 4.69) is 18.9 Å². The lowest BCUT2D eigenvalue weighted by Crippen LogP contribution is -2.37. The van der Waals surface area contributed by atoms with Crippen LogP contribution in [0, 0.1) is 5.92 Å². The van der Waals surface area contributed by atoms with Gasteiger partial charge in [-0.15, -0.1) is 0 Å². The van der Waals surface area contributed by atoms with Gasteiger partial charge in [0, 0.05) is 32.2 Å². The molecule has 0 spiro atoms. The van der Waals surface area contributed by atoms with Gasteiger partial charge < -0.3 is 14.4 Å². The van der Waals surface area contributed by atoms with E-state index in [-0.39, 0.29) is 6.29 Å². The van der Waals surface area contributed by atoms with Crippen molar-refractivity contribution in [1.29, 1.82) is 0 Å². The quantitative estimate of drug-likeness (QED) is 0.623. The molecule has 0 aromatic carbocycles. The lowest BCUT2D eigenvalue weighted by molar-refractivity contribution is -0.142. The Hall–Kier alpha value is -0.120. The SMILES string of the molecule is CCOC(CCN(C)C1CCC(C)CC1)OCC. The second-order valence-corrected chi connectivity index (χ2v) is 5.52. The fourth-order valence-electron chi connectivity index (χ4n) is 2.76. The molecule has 0 saturated heterocycles. The fourth-order valence-corrected chi connectivity index (χ4v) is 2.76. The van der Waals surface area contributed by atoms with Gasteiger partial charge in [-0.05, 0) is 52.5 Å². The summed E-state index contributed by atoms with van der Waals surface area (Å²) in [6.45, 7) is 8.96. The molecule has 0 heterocycles. The summed E-state index contributed by atoms with van der Waals surface area (Å²) < 4.78 is 11.2. The predicted molar refractivity (Wildman–Crippen MR) is 75.7 cm³/mol. The van der Waals surface area contributed by atoms with Crippen LogP contribution in [-0.2, 0) is 9.47 Å². The minimum absolute atomic E-state index is 0.0232. The van der Waals surface area contributed by atoms with Crippen molar-refractivity contribution in [2.24, 2.45) is 5.92 Å². The molecule has 3 heteroatoms. The van der Waals surface area contributed by atoms with Crippen LogP contribution in [0.3, 0.4) is 0 Å². The summed E-state index contributed by atoms with van der Waals surface area (Å²) >= 11 is 0.